The fraction of sp³-hybridized carbons (Fsp3) is 0.429. The Morgan fingerprint density at radius 3 is 1.23 bits per heavy atom. The Morgan fingerprint density at radius 1 is 0.600 bits per heavy atom. The van der Waals surface area contributed by atoms with E-state index in [0.717, 1.165) is 22.4 Å². The van der Waals surface area contributed by atoms with Crippen molar-refractivity contribution in [3.8, 4) is 0 Å². The first-order chi connectivity index (χ1) is 16.0. The SMILES string of the molecule is CC(C)c1cc2c(=O)[nH]ccc2nc1C(C)C.CC(C)c1cc2c(=O)[nH]ccc2nc1C(C)C.[B]. The van der Waals surface area contributed by atoms with Crippen LogP contribution in [-0.4, -0.2) is 28.3 Å². The Balaban J connectivity index is 0.000000240. The predicted molar refractivity (Wildman–Crippen MR) is 147 cm³/mol. The minimum absolute atomic E-state index is 0. The van der Waals surface area contributed by atoms with Gasteiger partial charge in [-0.25, -0.2) is 0 Å². The van der Waals surface area contributed by atoms with E-state index in [2.05, 4.69) is 75.3 Å². The number of rotatable bonds is 4. The first-order valence-electron chi connectivity index (χ1n) is 12.1. The van der Waals surface area contributed by atoms with Gasteiger partial charge in [-0.1, -0.05) is 55.4 Å². The van der Waals surface area contributed by atoms with Gasteiger partial charge in [0.2, 0.25) is 0 Å². The van der Waals surface area contributed by atoms with Crippen LogP contribution < -0.4 is 11.1 Å². The molecule has 0 saturated carbocycles. The van der Waals surface area contributed by atoms with Crippen molar-refractivity contribution in [3.63, 3.8) is 0 Å². The van der Waals surface area contributed by atoms with Gasteiger partial charge in [0.05, 0.1) is 21.8 Å². The van der Waals surface area contributed by atoms with E-state index in [1.54, 1.807) is 12.4 Å². The van der Waals surface area contributed by atoms with Crippen LogP contribution in [0.3, 0.4) is 0 Å². The van der Waals surface area contributed by atoms with Crippen LogP contribution >= 0.6 is 0 Å². The van der Waals surface area contributed by atoms with Gasteiger partial charge >= 0.3 is 0 Å². The Labute approximate surface area is 209 Å². The number of H-pyrrole nitrogens is 2. The van der Waals surface area contributed by atoms with Crippen molar-refractivity contribution >= 4 is 30.2 Å². The normalized spacial score (nSPS) is 11.3. The molecule has 6 nitrogen and oxygen atoms in total. The Kier molecular flexibility index (Phi) is 9.19. The first kappa shape index (κ1) is 28.0. The van der Waals surface area contributed by atoms with E-state index >= 15 is 0 Å². The third-order valence-electron chi connectivity index (χ3n) is 5.96. The van der Waals surface area contributed by atoms with E-state index in [1.807, 2.05) is 24.3 Å². The number of nitrogens with zero attached hydrogens (tertiary/aromatic N) is 2. The van der Waals surface area contributed by atoms with E-state index in [0.29, 0.717) is 34.4 Å². The summed E-state index contributed by atoms with van der Waals surface area (Å²) >= 11 is 0. The van der Waals surface area contributed by atoms with Crippen LogP contribution in [-0.2, 0) is 0 Å². The number of fused-ring (bicyclic) bond motifs is 2. The number of nitrogens with one attached hydrogen (secondary N) is 2. The zero-order valence-corrected chi connectivity index (χ0v) is 22.1. The predicted octanol–water partition coefficient (Wildman–Crippen LogP) is 5.96. The molecule has 0 atom stereocenters. The molecule has 0 saturated heterocycles. The maximum Gasteiger partial charge on any atom is 0.257 e. The third kappa shape index (κ3) is 6.08. The Hall–Kier alpha value is -3.22. The van der Waals surface area contributed by atoms with Crippen LogP contribution in [0.5, 0.6) is 0 Å². The van der Waals surface area contributed by atoms with Gasteiger partial charge in [-0.2, -0.15) is 0 Å². The Morgan fingerprint density at radius 2 is 0.943 bits per heavy atom. The molecule has 0 amide bonds. The van der Waals surface area contributed by atoms with Crippen LogP contribution in [0.15, 0.2) is 46.2 Å². The second-order valence-corrected chi connectivity index (χ2v) is 10.0. The van der Waals surface area contributed by atoms with Crippen molar-refractivity contribution in [3.05, 3.63) is 79.9 Å². The quantitative estimate of drug-likeness (QED) is 0.359. The highest BCUT2D eigenvalue weighted by atomic mass is 16.1. The molecule has 0 aliphatic carbocycles. The summed E-state index contributed by atoms with van der Waals surface area (Å²) in [5.74, 6) is 1.50. The van der Waals surface area contributed by atoms with Crippen LogP contribution in [0, 0.1) is 0 Å². The molecule has 183 valence electrons. The molecule has 0 bridgehead atoms. The minimum Gasteiger partial charge on any atom is -0.328 e. The number of aromatic amines is 2. The number of aromatic nitrogens is 4. The lowest BCUT2D eigenvalue weighted by Crippen LogP contribution is -2.09. The molecule has 0 spiro atoms. The van der Waals surface area contributed by atoms with Gasteiger partial charge in [-0.3, -0.25) is 19.6 Å². The summed E-state index contributed by atoms with van der Waals surface area (Å²) in [6.45, 7) is 17.1. The molecule has 0 unspecified atom stereocenters. The summed E-state index contributed by atoms with van der Waals surface area (Å²) in [4.78, 5) is 38.1. The second-order valence-electron chi connectivity index (χ2n) is 10.0. The minimum atomic E-state index is -0.0628. The standard InChI is InChI=1S/2C14H18N2O.B/c2*1-8(2)10-7-11-12(5-6-15-14(11)17)16-13(10)9(3)4;/h2*5-9H,1-4H3,(H,15,17);. The summed E-state index contributed by atoms with van der Waals surface area (Å²) < 4.78 is 0. The highest BCUT2D eigenvalue weighted by Gasteiger charge is 2.15. The topological polar surface area (TPSA) is 91.5 Å². The molecule has 35 heavy (non-hydrogen) atoms. The smallest absolute Gasteiger partial charge is 0.257 e. The molecular formula is C28H36BN4O2. The maximum atomic E-state index is 11.7. The van der Waals surface area contributed by atoms with Crippen LogP contribution in [0.25, 0.3) is 21.8 Å². The number of hydrogen-bond donors (Lipinski definition) is 2. The molecule has 4 aromatic heterocycles. The molecule has 3 radical (unpaired) electrons. The van der Waals surface area contributed by atoms with Crippen LogP contribution in [0.1, 0.15) is 102 Å². The fourth-order valence-corrected chi connectivity index (χ4v) is 4.13. The van der Waals surface area contributed by atoms with E-state index < -0.39 is 0 Å². The molecule has 2 N–H and O–H groups in total. The molecule has 0 aliphatic rings. The van der Waals surface area contributed by atoms with Gasteiger partial charge in [0.15, 0.2) is 0 Å². The summed E-state index contributed by atoms with van der Waals surface area (Å²) in [5.41, 5.74) is 5.97. The molecule has 4 heterocycles. The first-order valence-corrected chi connectivity index (χ1v) is 12.1. The average molecular weight is 471 g/mol. The lowest BCUT2D eigenvalue weighted by atomic mass is 9.94. The summed E-state index contributed by atoms with van der Waals surface area (Å²) in [6, 6.07) is 7.68. The Bertz CT molecular complexity index is 1310. The summed E-state index contributed by atoms with van der Waals surface area (Å²) in [5, 5.41) is 1.36. The highest BCUT2D eigenvalue weighted by Crippen LogP contribution is 2.27. The van der Waals surface area contributed by atoms with Crippen molar-refractivity contribution in [1.82, 2.24) is 19.9 Å². The van der Waals surface area contributed by atoms with Crippen molar-refractivity contribution in [1.29, 1.82) is 0 Å². The molecule has 0 aliphatic heterocycles. The highest BCUT2D eigenvalue weighted by molar-refractivity contribution is 5.79. The summed E-state index contributed by atoms with van der Waals surface area (Å²) in [7, 11) is 0. The van der Waals surface area contributed by atoms with Crippen molar-refractivity contribution in [2.75, 3.05) is 0 Å². The van der Waals surface area contributed by atoms with Gasteiger partial charge in [0.1, 0.15) is 0 Å². The van der Waals surface area contributed by atoms with Crippen molar-refractivity contribution in [2.24, 2.45) is 0 Å². The van der Waals surface area contributed by atoms with Crippen molar-refractivity contribution < 1.29 is 0 Å². The molecule has 4 aromatic rings. The zero-order valence-electron chi connectivity index (χ0n) is 22.1. The fourth-order valence-electron chi connectivity index (χ4n) is 4.13. The van der Waals surface area contributed by atoms with Gasteiger partial charge in [0, 0.05) is 32.2 Å². The van der Waals surface area contributed by atoms with E-state index in [1.165, 1.54) is 11.1 Å². The van der Waals surface area contributed by atoms with E-state index in [4.69, 9.17) is 0 Å². The largest absolute Gasteiger partial charge is 0.328 e. The zero-order chi connectivity index (χ0) is 25.2. The third-order valence-corrected chi connectivity index (χ3v) is 5.96. The second kappa shape index (κ2) is 11.5. The van der Waals surface area contributed by atoms with Crippen LogP contribution in [0.2, 0.25) is 0 Å². The maximum absolute atomic E-state index is 11.7. The summed E-state index contributed by atoms with van der Waals surface area (Å²) in [6.07, 6.45) is 3.30. The van der Waals surface area contributed by atoms with Gasteiger partial charge in [0.25, 0.3) is 11.1 Å². The number of hydrogen-bond acceptors (Lipinski definition) is 4. The van der Waals surface area contributed by atoms with Gasteiger partial charge in [-0.05, 0) is 59.1 Å². The monoisotopic (exact) mass is 471 g/mol. The molecule has 4 rings (SSSR count). The molecular weight excluding hydrogens is 435 g/mol. The van der Waals surface area contributed by atoms with Gasteiger partial charge in [-0.15, -0.1) is 0 Å². The van der Waals surface area contributed by atoms with Crippen molar-refractivity contribution in [2.45, 2.75) is 79.1 Å². The van der Waals surface area contributed by atoms with E-state index in [9.17, 15) is 9.59 Å². The van der Waals surface area contributed by atoms with Crippen LogP contribution in [0.4, 0.5) is 0 Å². The average Bonchev–Trinajstić information content (AvgIpc) is 2.78. The number of pyridine rings is 4. The lowest BCUT2D eigenvalue weighted by Gasteiger charge is -2.15. The van der Waals surface area contributed by atoms with Gasteiger partial charge < -0.3 is 9.97 Å². The molecule has 7 heteroatoms. The molecule has 0 fully saturated rings. The van der Waals surface area contributed by atoms with E-state index in [-0.39, 0.29) is 19.5 Å². The lowest BCUT2D eigenvalue weighted by molar-refractivity contribution is 0.764. The molecule has 0 aromatic carbocycles.